The molecule has 9 heteroatoms. The zero-order chi connectivity index (χ0) is 20.5. The number of sulfonamides is 1. The summed E-state index contributed by atoms with van der Waals surface area (Å²) < 4.78 is 26.1. The number of hydrogen-bond donors (Lipinski definition) is 1. The molecule has 0 aliphatic heterocycles. The molecule has 0 radical (unpaired) electrons. The molecule has 2 rings (SSSR count). The predicted octanol–water partition coefficient (Wildman–Crippen LogP) is 3.02. The highest BCUT2D eigenvalue weighted by molar-refractivity contribution is 7.89. The summed E-state index contributed by atoms with van der Waals surface area (Å²) in [6, 6.07) is 7.29. The highest BCUT2D eigenvalue weighted by atomic mass is 32.2. The van der Waals surface area contributed by atoms with Crippen LogP contribution in [-0.2, 0) is 10.0 Å². The van der Waals surface area contributed by atoms with Gasteiger partial charge in [0, 0.05) is 25.7 Å². The molecule has 0 spiro atoms. The quantitative estimate of drug-likeness (QED) is 0.622. The van der Waals surface area contributed by atoms with Gasteiger partial charge in [0.15, 0.2) is 0 Å². The van der Waals surface area contributed by atoms with E-state index in [2.05, 4.69) is 5.32 Å². The summed E-state index contributed by atoms with van der Waals surface area (Å²) >= 11 is 0. The normalized spacial score (nSPS) is 11.5. The second-order valence-electron chi connectivity index (χ2n) is 6.36. The molecular weight excluding hydrogens is 370 g/mol. The molecule has 1 amide bonds. The number of nitro benzene ring substituents is 1. The molecule has 0 saturated carbocycles. The van der Waals surface area contributed by atoms with Gasteiger partial charge < -0.3 is 5.32 Å². The number of carbonyl (C=O) groups excluding carboxylic acids is 1. The molecule has 0 aromatic heterocycles. The summed E-state index contributed by atoms with van der Waals surface area (Å²) in [5.41, 5.74) is 1.88. The van der Waals surface area contributed by atoms with Crippen LogP contribution in [0.5, 0.6) is 0 Å². The molecule has 0 bridgehead atoms. The first kappa shape index (κ1) is 20.5. The first-order chi connectivity index (χ1) is 12.5. The zero-order valence-corrected chi connectivity index (χ0v) is 16.5. The standard InChI is InChI=1S/C18H21N3O5S/c1-11-9-14(10-17(12(11)2)27(25,26)20(4)5)18(22)19-15-7-6-8-16(13(15)3)21(23)24/h6-10H,1-5H3,(H,19,22). The summed E-state index contributed by atoms with van der Waals surface area (Å²) in [4.78, 5) is 23.2. The Morgan fingerprint density at radius 2 is 1.74 bits per heavy atom. The molecule has 0 atom stereocenters. The van der Waals surface area contributed by atoms with Crippen molar-refractivity contribution >= 4 is 27.3 Å². The highest BCUT2D eigenvalue weighted by Crippen LogP contribution is 2.27. The number of nitro groups is 1. The minimum absolute atomic E-state index is 0.0495. The van der Waals surface area contributed by atoms with Crippen LogP contribution in [0.25, 0.3) is 0 Å². The van der Waals surface area contributed by atoms with Gasteiger partial charge in [-0.1, -0.05) is 6.07 Å². The smallest absolute Gasteiger partial charge is 0.274 e. The molecule has 0 aliphatic rings. The Labute approximate surface area is 158 Å². The minimum atomic E-state index is -3.72. The van der Waals surface area contributed by atoms with E-state index in [1.54, 1.807) is 26.0 Å². The number of aryl methyl sites for hydroxylation is 1. The van der Waals surface area contributed by atoms with E-state index in [0.29, 0.717) is 22.4 Å². The van der Waals surface area contributed by atoms with Gasteiger partial charge in [-0.2, -0.15) is 0 Å². The Hall–Kier alpha value is -2.78. The van der Waals surface area contributed by atoms with E-state index in [9.17, 15) is 23.3 Å². The molecule has 0 saturated heterocycles. The number of hydrogen-bond acceptors (Lipinski definition) is 5. The van der Waals surface area contributed by atoms with Gasteiger partial charge in [0.2, 0.25) is 10.0 Å². The number of benzene rings is 2. The zero-order valence-electron chi connectivity index (χ0n) is 15.7. The van der Waals surface area contributed by atoms with Crippen molar-refractivity contribution in [2.75, 3.05) is 19.4 Å². The molecule has 144 valence electrons. The molecule has 0 unspecified atom stereocenters. The second-order valence-corrected chi connectivity index (χ2v) is 8.48. The van der Waals surface area contributed by atoms with Gasteiger partial charge in [-0.15, -0.1) is 0 Å². The summed E-state index contributed by atoms with van der Waals surface area (Å²) in [7, 11) is -0.881. The second kappa shape index (κ2) is 7.45. The molecule has 0 heterocycles. The first-order valence-electron chi connectivity index (χ1n) is 8.06. The number of nitrogens with one attached hydrogen (secondary N) is 1. The molecular formula is C18H21N3O5S. The maximum atomic E-state index is 12.7. The van der Waals surface area contributed by atoms with Crippen LogP contribution < -0.4 is 5.32 Å². The van der Waals surface area contributed by atoms with E-state index in [-0.39, 0.29) is 16.1 Å². The lowest BCUT2D eigenvalue weighted by atomic mass is 10.1. The molecule has 0 fully saturated rings. The average molecular weight is 391 g/mol. The molecule has 0 aliphatic carbocycles. The van der Waals surface area contributed by atoms with Crippen molar-refractivity contribution in [3.8, 4) is 0 Å². The van der Waals surface area contributed by atoms with Gasteiger partial charge >= 0.3 is 0 Å². The van der Waals surface area contributed by atoms with E-state index in [1.165, 1.54) is 39.2 Å². The van der Waals surface area contributed by atoms with E-state index in [4.69, 9.17) is 0 Å². The van der Waals surface area contributed by atoms with E-state index < -0.39 is 20.9 Å². The third-order valence-corrected chi connectivity index (χ3v) is 6.33. The van der Waals surface area contributed by atoms with E-state index in [1.807, 2.05) is 0 Å². The Kier molecular flexibility index (Phi) is 5.67. The Morgan fingerprint density at radius 3 is 2.30 bits per heavy atom. The Morgan fingerprint density at radius 1 is 1.11 bits per heavy atom. The number of amides is 1. The van der Waals surface area contributed by atoms with Crippen LogP contribution >= 0.6 is 0 Å². The van der Waals surface area contributed by atoms with Crippen LogP contribution in [0, 0.1) is 30.9 Å². The summed E-state index contributed by atoms with van der Waals surface area (Å²) in [5.74, 6) is -0.545. The van der Waals surface area contributed by atoms with Crippen LogP contribution in [0.4, 0.5) is 11.4 Å². The van der Waals surface area contributed by atoms with Crippen LogP contribution in [0.1, 0.15) is 27.0 Å². The van der Waals surface area contributed by atoms with E-state index in [0.717, 1.165) is 4.31 Å². The van der Waals surface area contributed by atoms with Crippen LogP contribution in [-0.4, -0.2) is 37.6 Å². The summed E-state index contributed by atoms with van der Waals surface area (Å²) in [6.07, 6.45) is 0. The maximum Gasteiger partial charge on any atom is 0.274 e. The molecule has 1 N–H and O–H groups in total. The first-order valence-corrected chi connectivity index (χ1v) is 9.50. The lowest BCUT2D eigenvalue weighted by molar-refractivity contribution is -0.385. The number of rotatable bonds is 5. The van der Waals surface area contributed by atoms with Crippen molar-refractivity contribution in [3.05, 3.63) is 62.7 Å². The SMILES string of the molecule is Cc1cc(C(=O)Nc2cccc([N+](=O)[O-])c2C)cc(S(=O)(=O)N(C)C)c1C. The van der Waals surface area contributed by atoms with Crippen molar-refractivity contribution in [1.29, 1.82) is 0 Å². The van der Waals surface area contributed by atoms with E-state index >= 15 is 0 Å². The Bertz CT molecular complexity index is 1030. The number of anilines is 1. The maximum absolute atomic E-state index is 12.7. The molecule has 27 heavy (non-hydrogen) atoms. The summed E-state index contributed by atoms with van der Waals surface area (Å²) in [5, 5.41) is 13.7. The lowest BCUT2D eigenvalue weighted by Gasteiger charge is -2.17. The van der Waals surface area contributed by atoms with Gasteiger partial charge in [0.25, 0.3) is 11.6 Å². The molecule has 8 nitrogen and oxygen atoms in total. The minimum Gasteiger partial charge on any atom is -0.321 e. The molecule has 2 aromatic carbocycles. The number of carbonyl (C=O) groups is 1. The van der Waals surface area contributed by atoms with Crippen molar-refractivity contribution in [2.24, 2.45) is 0 Å². The van der Waals surface area contributed by atoms with Gasteiger partial charge in [-0.3, -0.25) is 14.9 Å². The topological polar surface area (TPSA) is 110 Å². The van der Waals surface area contributed by atoms with Gasteiger partial charge in [-0.05, 0) is 50.1 Å². The van der Waals surface area contributed by atoms with Crippen molar-refractivity contribution in [1.82, 2.24) is 4.31 Å². The van der Waals surface area contributed by atoms with Gasteiger partial charge in [0.1, 0.15) is 0 Å². The van der Waals surface area contributed by atoms with Crippen molar-refractivity contribution < 1.29 is 18.1 Å². The third-order valence-electron chi connectivity index (χ3n) is 4.39. The fourth-order valence-corrected chi connectivity index (χ4v) is 3.79. The average Bonchev–Trinajstić information content (AvgIpc) is 2.58. The number of nitrogens with zero attached hydrogens (tertiary/aromatic N) is 2. The van der Waals surface area contributed by atoms with Gasteiger partial charge in [-0.25, -0.2) is 12.7 Å². The third kappa shape index (κ3) is 3.99. The summed E-state index contributed by atoms with van der Waals surface area (Å²) in [6.45, 7) is 4.94. The monoisotopic (exact) mass is 391 g/mol. The van der Waals surface area contributed by atoms with Crippen LogP contribution in [0.3, 0.4) is 0 Å². The van der Waals surface area contributed by atoms with Crippen molar-refractivity contribution in [3.63, 3.8) is 0 Å². The Balaban J connectivity index is 2.48. The largest absolute Gasteiger partial charge is 0.321 e. The predicted molar refractivity (Wildman–Crippen MR) is 103 cm³/mol. The van der Waals surface area contributed by atoms with Crippen molar-refractivity contribution in [2.45, 2.75) is 25.7 Å². The van der Waals surface area contributed by atoms with Gasteiger partial charge in [0.05, 0.1) is 21.1 Å². The fourth-order valence-electron chi connectivity index (χ4n) is 2.57. The van der Waals surface area contributed by atoms with Crippen LogP contribution in [0.15, 0.2) is 35.2 Å². The van der Waals surface area contributed by atoms with Crippen LogP contribution in [0.2, 0.25) is 0 Å². The highest BCUT2D eigenvalue weighted by Gasteiger charge is 2.23. The fraction of sp³-hybridized carbons (Fsp3) is 0.278. The molecule has 2 aromatic rings. The lowest BCUT2D eigenvalue weighted by Crippen LogP contribution is -2.24.